The van der Waals surface area contributed by atoms with Crippen molar-refractivity contribution < 1.29 is 13.2 Å². The Morgan fingerprint density at radius 3 is 2.52 bits per heavy atom. The van der Waals surface area contributed by atoms with Gasteiger partial charge in [0.2, 0.25) is 0 Å². The SMILES string of the molecule is N#CC[C@@H](c1ccc(C(F)(F)F)c(Cl)c1)N1CCNCC1. The molecule has 21 heavy (non-hydrogen) atoms. The minimum atomic E-state index is -4.46. The van der Waals surface area contributed by atoms with Gasteiger partial charge in [-0.25, -0.2) is 0 Å². The fraction of sp³-hybridized carbons (Fsp3) is 0.500. The number of rotatable bonds is 3. The van der Waals surface area contributed by atoms with Gasteiger partial charge in [-0.05, 0) is 17.7 Å². The first-order chi connectivity index (χ1) is 9.93. The van der Waals surface area contributed by atoms with Crippen LogP contribution in [-0.2, 0) is 6.18 Å². The van der Waals surface area contributed by atoms with E-state index in [-0.39, 0.29) is 17.5 Å². The third kappa shape index (κ3) is 3.88. The number of nitrogens with zero attached hydrogens (tertiary/aromatic N) is 2. The zero-order valence-corrected chi connectivity index (χ0v) is 12.0. The van der Waals surface area contributed by atoms with Crippen molar-refractivity contribution in [2.45, 2.75) is 18.6 Å². The maximum atomic E-state index is 12.7. The van der Waals surface area contributed by atoms with Gasteiger partial charge in [0.25, 0.3) is 0 Å². The normalized spacial score (nSPS) is 18.2. The number of nitrogens with one attached hydrogen (secondary N) is 1. The fourth-order valence-corrected chi connectivity index (χ4v) is 2.80. The summed E-state index contributed by atoms with van der Waals surface area (Å²) in [6.45, 7) is 3.11. The number of hydrogen-bond donors (Lipinski definition) is 1. The summed E-state index contributed by atoms with van der Waals surface area (Å²) < 4.78 is 38.2. The largest absolute Gasteiger partial charge is 0.417 e. The lowest BCUT2D eigenvalue weighted by molar-refractivity contribution is -0.137. The lowest BCUT2D eigenvalue weighted by Gasteiger charge is -2.34. The van der Waals surface area contributed by atoms with Gasteiger partial charge in [0.15, 0.2) is 0 Å². The summed E-state index contributed by atoms with van der Waals surface area (Å²) in [6.07, 6.45) is -4.24. The fourth-order valence-electron chi connectivity index (χ4n) is 2.51. The standard InChI is InChI=1S/C14H15ClF3N3/c15-12-9-10(1-2-11(12)14(16,17)18)13(3-4-19)21-7-5-20-6-8-21/h1-2,9,13,20H,3,5-8H2/t13-/m0/s1. The molecule has 114 valence electrons. The summed E-state index contributed by atoms with van der Waals surface area (Å²) in [6, 6.07) is 5.61. The van der Waals surface area contributed by atoms with E-state index in [0.717, 1.165) is 32.2 Å². The first-order valence-corrected chi connectivity index (χ1v) is 6.99. The molecule has 1 aromatic rings. The summed E-state index contributed by atoms with van der Waals surface area (Å²) in [5.74, 6) is 0. The summed E-state index contributed by atoms with van der Waals surface area (Å²) in [4.78, 5) is 2.10. The maximum absolute atomic E-state index is 12.7. The summed E-state index contributed by atoms with van der Waals surface area (Å²) in [5.41, 5.74) is -0.194. The van der Waals surface area contributed by atoms with Crippen molar-refractivity contribution in [3.63, 3.8) is 0 Å². The van der Waals surface area contributed by atoms with Crippen molar-refractivity contribution in [2.24, 2.45) is 0 Å². The zero-order valence-electron chi connectivity index (χ0n) is 11.3. The molecule has 1 aromatic carbocycles. The third-order valence-corrected chi connectivity index (χ3v) is 3.87. The highest BCUT2D eigenvalue weighted by molar-refractivity contribution is 6.31. The van der Waals surface area contributed by atoms with Crippen molar-refractivity contribution in [3.05, 3.63) is 34.3 Å². The second-order valence-electron chi connectivity index (χ2n) is 4.90. The molecule has 7 heteroatoms. The quantitative estimate of drug-likeness (QED) is 0.930. The molecule has 1 heterocycles. The smallest absolute Gasteiger partial charge is 0.314 e. The Labute approximate surface area is 126 Å². The van der Waals surface area contributed by atoms with Crippen molar-refractivity contribution in [1.82, 2.24) is 10.2 Å². The van der Waals surface area contributed by atoms with Crippen molar-refractivity contribution >= 4 is 11.6 Å². The molecule has 1 atom stereocenters. The van der Waals surface area contributed by atoms with Crippen LogP contribution in [0.5, 0.6) is 0 Å². The van der Waals surface area contributed by atoms with Gasteiger partial charge >= 0.3 is 6.18 Å². The van der Waals surface area contributed by atoms with Gasteiger partial charge in [-0.1, -0.05) is 17.7 Å². The van der Waals surface area contributed by atoms with Crippen LogP contribution in [0, 0.1) is 11.3 Å². The molecule has 1 saturated heterocycles. The van der Waals surface area contributed by atoms with E-state index in [2.05, 4.69) is 16.3 Å². The first kappa shape index (κ1) is 16.1. The first-order valence-electron chi connectivity index (χ1n) is 6.62. The van der Waals surface area contributed by atoms with E-state index >= 15 is 0 Å². The lowest BCUT2D eigenvalue weighted by atomic mass is 10.00. The molecular weight excluding hydrogens is 303 g/mol. The van der Waals surface area contributed by atoms with Gasteiger partial charge in [-0.3, -0.25) is 4.90 Å². The molecule has 1 aliphatic heterocycles. The Balaban J connectivity index is 2.28. The van der Waals surface area contributed by atoms with Gasteiger partial charge in [0, 0.05) is 32.2 Å². The third-order valence-electron chi connectivity index (χ3n) is 3.56. The van der Waals surface area contributed by atoms with E-state index in [9.17, 15) is 13.2 Å². The Bertz CT molecular complexity index is 533. The lowest BCUT2D eigenvalue weighted by Crippen LogP contribution is -2.45. The van der Waals surface area contributed by atoms with Crippen LogP contribution >= 0.6 is 11.6 Å². The highest BCUT2D eigenvalue weighted by atomic mass is 35.5. The average molecular weight is 318 g/mol. The van der Waals surface area contributed by atoms with Crippen LogP contribution in [0.2, 0.25) is 5.02 Å². The van der Waals surface area contributed by atoms with Crippen molar-refractivity contribution in [1.29, 1.82) is 5.26 Å². The van der Waals surface area contributed by atoms with Crippen molar-refractivity contribution in [3.8, 4) is 6.07 Å². The van der Waals surface area contributed by atoms with E-state index in [1.165, 1.54) is 12.1 Å². The number of nitriles is 1. The van der Waals surface area contributed by atoms with Crippen LogP contribution in [0.25, 0.3) is 0 Å². The Hall–Kier alpha value is -1.29. The molecule has 0 saturated carbocycles. The number of alkyl halides is 3. The molecule has 1 aliphatic rings. The van der Waals surface area contributed by atoms with Gasteiger partial charge in [0.05, 0.1) is 23.1 Å². The highest BCUT2D eigenvalue weighted by Gasteiger charge is 2.33. The van der Waals surface area contributed by atoms with Gasteiger partial charge in [0.1, 0.15) is 0 Å². The van der Waals surface area contributed by atoms with Crippen LogP contribution in [0.1, 0.15) is 23.6 Å². The van der Waals surface area contributed by atoms with Crippen LogP contribution in [0.4, 0.5) is 13.2 Å². The molecule has 3 nitrogen and oxygen atoms in total. The molecule has 0 unspecified atom stereocenters. The zero-order chi connectivity index (χ0) is 15.5. The molecule has 0 bridgehead atoms. The average Bonchev–Trinajstić information content (AvgIpc) is 2.44. The second kappa shape index (κ2) is 6.65. The number of halogens is 4. The minimum Gasteiger partial charge on any atom is -0.314 e. The second-order valence-corrected chi connectivity index (χ2v) is 5.31. The number of piperazine rings is 1. The van der Waals surface area contributed by atoms with Crippen LogP contribution in [-0.4, -0.2) is 31.1 Å². The summed E-state index contributed by atoms with van der Waals surface area (Å²) in [7, 11) is 0. The van der Waals surface area contributed by atoms with Crippen LogP contribution in [0.3, 0.4) is 0 Å². The van der Waals surface area contributed by atoms with Gasteiger partial charge < -0.3 is 5.32 Å². The summed E-state index contributed by atoms with van der Waals surface area (Å²) >= 11 is 5.76. The molecular formula is C14H15ClF3N3. The van der Waals surface area contributed by atoms with E-state index in [1.807, 2.05) is 0 Å². The predicted octanol–water partition coefficient (Wildman–Crippen LogP) is 3.22. The molecule has 0 aromatic heterocycles. The van der Waals surface area contributed by atoms with E-state index in [0.29, 0.717) is 5.56 Å². The van der Waals surface area contributed by atoms with Crippen molar-refractivity contribution in [2.75, 3.05) is 26.2 Å². The van der Waals surface area contributed by atoms with Crippen LogP contribution < -0.4 is 5.32 Å². The van der Waals surface area contributed by atoms with E-state index in [4.69, 9.17) is 16.9 Å². The summed E-state index contributed by atoms with van der Waals surface area (Å²) in [5, 5.41) is 11.9. The number of hydrogen-bond acceptors (Lipinski definition) is 3. The monoisotopic (exact) mass is 317 g/mol. The molecule has 1 fully saturated rings. The van der Waals surface area contributed by atoms with Gasteiger partial charge in [-0.15, -0.1) is 0 Å². The Morgan fingerprint density at radius 2 is 2.00 bits per heavy atom. The molecule has 0 radical (unpaired) electrons. The van der Waals surface area contributed by atoms with E-state index < -0.39 is 11.7 Å². The van der Waals surface area contributed by atoms with Crippen LogP contribution in [0.15, 0.2) is 18.2 Å². The highest BCUT2D eigenvalue weighted by Crippen LogP contribution is 2.37. The molecule has 0 spiro atoms. The Morgan fingerprint density at radius 1 is 1.33 bits per heavy atom. The minimum absolute atomic E-state index is 0.224. The molecule has 2 rings (SSSR count). The predicted molar refractivity (Wildman–Crippen MR) is 73.9 cm³/mol. The van der Waals surface area contributed by atoms with E-state index in [1.54, 1.807) is 0 Å². The molecule has 1 N–H and O–H groups in total. The topological polar surface area (TPSA) is 39.1 Å². The van der Waals surface area contributed by atoms with Gasteiger partial charge in [-0.2, -0.15) is 18.4 Å². The number of benzene rings is 1. The molecule has 0 aliphatic carbocycles. The Kier molecular flexibility index (Phi) is 5.09. The maximum Gasteiger partial charge on any atom is 0.417 e. The molecule has 0 amide bonds.